The molecule has 0 heterocycles. The van der Waals surface area contributed by atoms with Crippen molar-refractivity contribution >= 4 is 5.69 Å². The molecule has 0 fully saturated rings. The molecule has 0 radical (unpaired) electrons. The minimum absolute atomic E-state index is 0.0203. The van der Waals surface area contributed by atoms with Crippen LogP contribution in [0.2, 0.25) is 0 Å². The number of benzene rings is 1. The second-order valence-corrected chi connectivity index (χ2v) is 4.39. The van der Waals surface area contributed by atoms with Crippen LogP contribution in [0.15, 0.2) is 0 Å². The Balaban J connectivity index is 3.26. The second-order valence-electron chi connectivity index (χ2n) is 4.39. The van der Waals surface area contributed by atoms with E-state index in [1.54, 1.807) is 0 Å². The molecule has 0 aliphatic carbocycles. The van der Waals surface area contributed by atoms with Gasteiger partial charge in [0.05, 0.1) is 12.1 Å². The van der Waals surface area contributed by atoms with Gasteiger partial charge in [-0.05, 0) is 13.8 Å². The van der Waals surface area contributed by atoms with Crippen molar-refractivity contribution in [1.82, 2.24) is 0 Å². The van der Waals surface area contributed by atoms with Crippen LogP contribution in [0.3, 0.4) is 0 Å². The summed E-state index contributed by atoms with van der Waals surface area (Å²) in [4.78, 5) is 0. The normalized spacial score (nSPS) is 11.8. The standard InChI is InChI=1S/C11H12F5NO/c1-11(2,4-18-3)17-10-8(15)6(13)5(12)7(14)9(10)16/h17H,4H2,1-3H3. The van der Waals surface area contributed by atoms with E-state index in [1.807, 2.05) is 0 Å². The molecule has 0 aliphatic heterocycles. The minimum atomic E-state index is -2.18. The molecule has 0 spiro atoms. The maximum atomic E-state index is 13.3. The van der Waals surface area contributed by atoms with Gasteiger partial charge in [-0.1, -0.05) is 0 Å². The Morgan fingerprint density at radius 2 is 1.28 bits per heavy atom. The number of hydrogen-bond acceptors (Lipinski definition) is 2. The number of ether oxygens (including phenoxy) is 1. The number of nitrogens with one attached hydrogen (secondary N) is 1. The smallest absolute Gasteiger partial charge is 0.200 e. The molecule has 2 nitrogen and oxygen atoms in total. The Labute approximate surface area is 101 Å². The highest BCUT2D eigenvalue weighted by Gasteiger charge is 2.29. The van der Waals surface area contributed by atoms with Crippen LogP contribution in [0.5, 0.6) is 0 Å². The largest absolute Gasteiger partial charge is 0.382 e. The summed E-state index contributed by atoms with van der Waals surface area (Å²) in [6.45, 7) is 3.01. The van der Waals surface area contributed by atoms with Gasteiger partial charge in [0.2, 0.25) is 5.82 Å². The molecule has 0 saturated carbocycles. The van der Waals surface area contributed by atoms with Crippen molar-refractivity contribution in [1.29, 1.82) is 0 Å². The second kappa shape index (κ2) is 5.09. The van der Waals surface area contributed by atoms with E-state index in [9.17, 15) is 22.0 Å². The van der Waals surface area contributed by atoms with E-state index in [0.717, 1.165) is 0 Å². The van der Waals surface area contributed by atoms with E-state index in [-0.39, 0.29) is 6.61 Å². The lowest BCUT2D eigenvalue weighted by atomic mass is 10.1. The molecule has 1 rings (SSSR count). The maximum absolute atomic E-state index is 13.3. The van der Waals surface area contributed by atoms with Gasteiger partial charge in [-0.15, -0.1) is 0 Å². The first-order valence-electron chi connectivity index (χ1n) is 5.00. The first-order chi connectivity index (χ1) is 8.21. The van der Waals surface area contributed by atoms with Crippen LogP contribution in [0.25, 0.3) is 0 Å². The topological polar surface area (TPSA) is 21.3 Å². The van der Waals surface area contributed by atoms with Crippen LogP contribution in [-0.4, -0.2) is 19.3 Å². The van der Waals surface area contributed by atoms with Crippen molar-refractivity contribution in [2.24, 2.45) is 0 Å². The predicted molar refractivity (Wildman–Crippen MR) is 55.8 cm³/mol. The van der Waals surface area contributed by atoms with E-state index in [4.69, 9.17) is 4.74 Å². The molecule has 7 heteroatoms. The molecular formula is C11H12F5NO. The van der Waals surface area contributed by atoms with Crippen LogP contribution in [0.1, 0.15) is 13.8 Å². The zero-order valence-electron chi connectivity index (χ0n) is 10.0. The van der Waals surface area contributed by atoms with Crippen LogP contribution in [0.4, 0.5) is 27.6 Å². The third-order valence-electron chi connectivity index (χ3n) is 2.18. The number of anilines is 1. The van der Waals surface area contributed by atoms with E-state index < -0.39 is 40.3 Å². The van der Waals surface area contributed by atoms with Gasteiger partial charge in [-0.25, -0.2) is 22.0 Å². The first kappa shape index (κ1) is 14.7. The van der Waals surface area contributed by atoms with Gasteiger partial charge in [0.15, 0.2) is 23.3 Å². The van der Waals surface area contributed by atoms with Gasteiger partial charge >= 0.3 is 0 Å². The molecular weight excluding hydrogens is 257 g/mol. The molecule has 1 N–H and O–H groups in total. The summed E-state index contributed by atoms with van der Waals surface area (Å²) in [5, 5.41) is 2.24. The predicted octanol–water partition coefficient (Wildman–Crippen LogP) is 3.22. The molecule has 0 amide bonds. The molecule has 0 unspecified atom stereocenters. The highest BCUT2D eigenvalue weighted by atomic mass is 19.2. The zero-order valence-corrected chi connectivity index (χ0v) is 10.0. The van der Waals surface area contributed by atoms with Crippen molar-refractivity contribution in [3.05, 3.63) is 29.1 Å². The van der Waals surface area contributed by atoms with Gasteiger partial charge in [-0.3, -0.25) is 0 Å². The van der Waals surface area contributed by atoms with Gasteiger partial charge in [0.1, 0.15) is 5.69 Å². The Hall–Kier alpha value is -1.37. The molecule has 0 saturated heterocycles. The summed E-state index contributed by atoms with van der Waals surface area (Å²) in [5.41, 5.74) is -2.05. The summed E-state index contributed by atoms with van der Waals surface area (Å²) in [5.74, 6) is -9.93. The van der Waals surface area contributed by atoms with Crippen molar-refractivity contribution in [3.8, 4) is 0 Å². The molecule has 1 aromatic rings. The number of methoxy groups -OCH3 is 1. The molecule has 102 valence electrons. The summed E-state index contributed by atoms with van der Waals surface area (Å²) in [7, 11) is 1.35. The van der Waals surface area contributed by atoms with Gasteiger partial charge in [0.25, 0.3) is 0 Å². The summed E-state index contributed by atoms with van der Waals surface area (Å²) in [6, 6.07) is 0. The zero-order chi connectivity index (χ0) is 14.1. The number of rotatable bonds is 4. The Morgan fingerprint density at radius 1 is 0.889 bits per heavy atom. The quantitative estimate of drug-likeness (QED) is 0.515. The monoisotopic (exact) mass is 269 g/mol. The van der Waals surface area contributed by atoms with E-state index >= 15 is 0 Å². The molecule has 0 aliphatic rings. The highest BCUT2D eigenvalue weighted by Crippen LogP contribution is 2.29. The number of halogens is 5. The average Bonchev–Trinajstić information content (AvgIpc) is 2.30. The third kappa shape index (κ3) is 2.72. The van der Waals surface area contributed by atoms with Gasteiger partial charge < -0.3 is 10.1 Å². The van der Waals surface area contributed by atoms with Crippen molar-refractivity contribution < 1.29 is 26.7 Å². The SMILES string of the molecule is COCC(C)(C)Nc1c(F)c(F)c(F)c(F)c1F. The van der Waals surface area contributed by atoms with Crippen LogP contribution < -0.4 is 5.32 Å². The fourth-order valence-electron chi connectivity index (χ4n) is 1.45. The average molecular weight is 269 g/mol. The first-order valence-corrected chi connectivity index (χ1v) is 5.00. The fraction of sp³-hybridized carbons (Fsp3) is 0.455. The van der Waals surface area contributed by atoms with E-state index in [2.05, 4.69) is 5.32 Å². The van der Waals surface area contributed by atoms with Crippen LogP contribution in [0, 0.1) is 29.1 Å². The van der Waals surface area contributed by atoms with E-state index in [0.29, 0.717) is 0 Å². The minimum Gasteiger partial charge on any atom is -0.382 e. The molecule has 1 aromatic carbocycles. The van der Waals surface area contributed by atoms with Gasteiger partial charge in [0, 0.05) is 7.11 Å². The lowest BCUT2D eigenvalue weighted by Crippen LogP contribution is -2.37. The summed E-state index contributed by atoms with van der Waals surface area (Å²) < 4.78 is 70.1. The number of hydrogen-bond donors (Lipinski definition) is 1. The summed E-state index contributed by atoms with van der Waals surface area (Å²) >= 11 is 0. The van der Waals surface area contributed by atoms with Crippen LogP contribution >= 0.6 is 0 Å². The fourth-order valence-corrected chi connectivity index (χ4v) is 1.45. The lowest BCUT2D eigenvalue weighted by Gasteiger charge is -2.27. The Morgan fingerprint density at radius 3 is 1.67 bits per heavy atom. The van der Waals surface area contributed by atoms with Crippen LogP contribution in [-0.2, 0) is 4.74 Å². The van der Waals surface area contributed by atoms with Gasteiger partial charge in [-0.2, -0.15) is 0 Å². The molecule has 0 atom stereocenters. The molecule has 0 bridgehead atoms. The summed E-state index contributed by atoms with van der Waals surface area (Å²) in [6.07, 6.45) is 0. The molecule has 0 aromatic heterocycles. The van der Waals surface area contributed by atoms with Crippen molar-refractivity contribution in [2.75, 3.05) is 19.0 Å². The lowest BCUT2D eigenvalue weighted by molar-refractivity contribution is 0.157. The Bertz CT molecular complexity index is 432. The maximum Gasteiger partial charge on any atom is 0.200 e. The molecule has 18 heavy (non-hydrogen) atoms. The highest BCUT2D eigenvalue weighted by molar-refractivity contribution is 5.49. The van der Waals surface area contributed by atoms with E-state index in [1.165, 1.54) is 21.0 Å². The third-order valence-corrected chi connectivity index (χ3v) is 2.18. The Kier molecular flexibility index (Phi) is 4.16. The van der Waals surface area contributed by atoms with Crippen molar-refractivity contribution in [3.63, 3.8) is 0 Å². The van der Waals surface area contributed by atoms with Crippen molar-refractivity contribution in [2.45, 2.75) is 19.4 Å².